The Morgan fingerprint density at radius 2 is 1.94 bits per heavy atom. The molecule has 0 saturated carbocycles. The second-order valence-electron chi connectivity index (χ2n) is 3.28. The standard InChI is InChI=1S/C12H13N3O/c1-13-10-7-14-12(15-8-10)9-4-3-5-11(6-9)16-2/h3-8,13H,1-2H3. The highest BCUT2D eigenvalue weighted by Gasteiger charge is 2.02. The van der Waals surface area contributed by atoms with Gasteiger partial charge in [0.2, 0.25) is 0 Å². The van der Waals surface area contributed by atoms with Crippen LogP contribution in [-0.2, 0) is 0 Å². The predicted octanol–water partition coefficient (Wildman–Crippen LogP) is 2.19. The zero-order valence-corrected chi connectivity index (χ0v) is 9.27. The smallest absolute Gasteiger partial charge is 0.159 e. The molecule has 4 nitrogen and oxygen atoms in total. The molecule has 0 unspecified atom stereocenters. The molecule has 0 saturated heterocycles. The van der Waals surface area contributed by atoms with Crippen LogP contribution in [0.1, 0.15) is 0 Å². The monoisotopic (exact) mass is 215 g/mol. The largest absolute Gasteiger partial charge is 0.497 e. The molecule has 4 heteroatoms. The van der Waals surface area contributed by atoms with Gasteiger partial charge in [0.15, 0.2) is 5.82 Å². The van der Waals surface area contributed by atoms with Gasteiger partial charge in [-0.2, -0.15) is 0 Å². The van der Waals surface area contributed by atoms with Gasteiger partial charge in [-0.15, -0.1) is 0 Å². The van der Waals surface area contributed by atoms with Gasteiger partial charge in [0.25, 0.3) is 0 Å². The van der Waals surface area contributed by atoms with Gasteiger partial charge in [0.1, 0.15) is 5.75 Å². The molecule has 2 rings (SSSR count). The van der Waals surface area contributed by atoms with Gasteiger partial charge in [-0.25, -0.2) is 9.97 Å². The fourth-order valence-corrected chi connectivity index (χ4v) is 1.37. The van der Waals surface area contributed by atoms with E-state index in [9.17, 15) is 0 Å². The van der Waals surface area contributed by atoms with Crippen molar-refractivity contribution in [1.29, 1.82) is 0 Å². The van der Waals surface area contributed by atoms with Gasteiger partial charge in [-0.05, 0) is 12.1 Å². The van der Waals surface area contributed by atoms with E-state index < -0.39 is 0 Å². The zero-order valence-electron chi connectivity index (χ0n) is 9.27. The summed E-state index contributed by atoms with van der Waals surface area (Å²) in [4.78, 5) is 8.53. The minimum atomic E-state index is 0.693. The van der Waals surface area contributed by atoms with Crippen LogP contribution in [-0.4, -0.2) is 24.1 Å². The van der Waals surface area contributed by atoms with Crippen molar-refractivity contribution in [2.45, 2.75) is 0 Å². The van der Waals surface area contributed by atoms with Crippen LogP contribution in [0, 0.1) is 0 Å². The SMILES string of the molecule is CNc1cnc(-c2cccc(OC)c2)nc1. The number of ether oxygens (including phenoxy) is 1. The van der Waals surface area contributed by atoms with Gasteiger partial charge in [0.05, 0.1) is 25.2 Å². The third-order valence-electron chi connectivity index (χ3n) is 2.27. The van der Waals surface area contributed by atoms with Crippen LogP contribution >= 0.6 is 0 Å². The molecule has 1 aromatic heterocycles. The highest BCUT2D eigenvalue weighted by atomic mass is 16.5. The van der Waals surface area contributed by atoms with Gasteiger partial charge < -0.3 is 10.1 Å². The Kier molecular flexibility index (Phi) is 3.00. The number of rotatable bonds is 3. The average Bonchev–Trinajstić information content (AvgIpc) is 2.39. The van der Waals surface area contributed by atoms with Crippen molar-refractivity contribution < 1.29 is 4.74 Å². The lowest BCUT2D eigenvalue weighted by Crippen LogP contribution is -1.93. The van der Waals surface area contributed by atoms with E-state index in [0.29, 0.717) is 5.82 Å². The lowest BCUT2D eigenvalue weighted by molar-refractivity contribution is 0.415. The first kappa shape index (κ1) is 10.4. The minimum absolute atomic E-state index is 0.693. The number of nitrogens with zero attached hydrogens (tertiary/aromatic N) is 2. The number of benzene rings is 1. The summed E-state index contributed by atoms with van der Waals surface area (Å²) in [7, 11) is 3.48. The number of methoxy groups -OCH3 is 1. The summed E-state index contributed by atoms with van der Waals surface area (Å²) < 4.78 is 5.15. The van der Waals surface area contributed by atoms with E-state index in [4.69, 9.17) is 4.74 Å². The van der Waals surface area contributed by atoms with E-state index in [1.165, 1.54) is 0 Å². The molecule has 0 aliphatic heterocycles. The van der Waals surface area contributed by atoms with Crippen LogP contribution in [0.5, 0.6) is 5.75 Å². The molecular formula is C12H13N3O. The molecule has 0 aliphatic carbocycles. The summed E-state index contributed by atoms with van der Waals surface area (Å²) in [6.07, 6.45) is 3.50. The summed E-state index contributed by atoms with van der Waals surface area (Å²) >= 11 is 0. The van der Waals surface area contributed by atoms with E-state index in [1.54, 1.807) is 19.5 Å². The fourth-order valence-electron chi connectivity index (χ4n) is 1.37. The fraction of sp³-hybridized carbons (Fsp3) is 0.167. The van der Waals surface area contributed by atoms with Gasteiger partial charge >= 0.3 is 0 Å². The quantitative estimate of drug-likeness (QED) is 0.852. The number of nitrogens with one attached hydrogen (secondary N) is 1. The van der Waals surface area contributed by atoms with Crippen LogP contribution in [0.25, 0.3) is 11.4 Å². The molecule has 0 bridgehead atoms. The number of hydrogen-bond acceptors (Lipinski definition) is 4. The Morgan fingerprint density at radius 1 is 1.19 bits per heavy atom. The van der Waals surface area contributed by atoms with Crippen LogP contribution in [0.3, 0.4) is 0 Å². The highest BCUT2D eigenvalue weighted by molar-refractivity contribution is 5.58. The number of anilines is 1. The molecule has 1 heterocycles. The summed E-state index contributed by atoms with van der Waals surface area (Å²) in [5.41, 5.74) is 1.84. The maximum Gasteiger partial charge on any atom is 0.159 e. The first-order valence-electron chi connectivity index (χ1n) is 4.97. The van der Waals surface area contributed by atoms with Crippen LogP contribution in [0.2, 0.25) is 0 Å². The highest BCUT2D eigenvalue weighted by Crippen LogP contribution is 2.20. The molecule has 0 atom stereocenters. The van der Waals surface area contributed by atoms with Crippen LogP contribution < -0.4 is 10.1 Å². The third-order valence-corrected chi connectivity index (χ3v) is 2.27. The lowest BCUT2D eigenvalue weighted by atomic mass is 10.2. The second kappa shape index (κ2) is 4.61. The molecule has 82 valence electrons. The molecule has 16 heavy (non-hydrogen) atoms. The van der Waals surface area contributed by atoms with Gasteiger partial charge in [0, 0.05) is 12.6 Å². The van der Waals surface area contributed by atoms with Crippen LogP contribution in [0.15, 0.2) is 36.7 Å². The Bertz CT molecular complexity index is 468. The summed E-state index contributed by atoms with van der Waals surface area (Å²) in [6, 6.07) is 7.68. The van der Waals surface area contributed by atoms with Crippen molar-refractivity contribution in [2.75, 3.05) is 19.5 Å². The van der Waals surface area contributed by atoms with E-state index >= 15 is 0 Å². The van der Waals surface area contributed by atoms with Crippen molar-refractivity contribution in [3.8, 4) is 17.1 Å². The van der Waals surface area contributed by atoms with Crippen LogP contribution in [0.4, 0.5) is 5.69 Å². The molecule has 0 amide bonds. The predicted molar refractivity (Wildman–Crippen MR) is 63.6 cm³/mol. The molecule has 2 aromatic rings. The Morgan fingerprint density at radius 3 is 2.56 bits per heavy atom. The summed E-state index contributed by atoms with van der Waals surface area (Å²) in [6.45, 7) is 0. The van der Waals surface area contributed by atoms with E-state index in [2.05, 4.69) is 15.3 Å². The molecule has 0 spiro atoms. The van der Waals surface area contributed by atoms with Crippen molar-refractivity contribution in [3.63, 3.8) is 0 Å². The van der Waals surface area contributed by atoms with Crippen molar-refractivity contribution >= 4 is 5.69 Å². The zero-order chi connectivity index (χ0) is 11.4. The molecule has 1 aromatic carbocycles. The normalized spacial score (nSPS) is 9.88. The van der Waals surface area contributed by atoms with Gasteiger partial charge in [-0.3, -0.25) is 0 Å². The van der Waals surface area contributed by atoms with E-state index in [-0.39, 0.29) is 0 Å². The van der Waals surface area contributed by atoms with Crippen molar-refractivity contribution in [2.24, 2.45) is 0 Å². The Balaban J connectivity index is 2.34. The first-order valence-corrected chi connectivity index (χ1v) is 4.97. The Labute approximate surface area is 94.3 Å². The maximum atomic E-state index is 5.15. The molecule has 0 fully saturated rings. The summed E-state index contributed by atoms with van der Waals surface area (Å²) in [5, 5.41) is 2.98. The molecule has 1 N–H and O–H groups in total. The van der Waals surface area contributed by atoms with Crippen molar-refractivity contribution in [1.82, 2.24) is 9.97 Å². The molecule has 0 radical (unpaired) electrons. The number of hydrogen-bond donors (Lipinski definition) is 1. The van der Waals surface area contributed by atoms with Gasteiger partial charge in [-0.1, -0.05) is 12.1 Å². The maximum absolute atomic E-state index is 5.15. The summed E-state index contributed by atoms with van der Waals surface area (Å²) in [5.74, 6) is 1.50. The average molecular weight is 215 g/mol. The Hall–Kier alpha value is -2.10. The molecular weight excluding hydrogens is 202 g/mol. The molecule has 0 aliphatic rings. The topological polar surface area (TPSA) is 47.0 Å². The third kappa shape index (κ3) is 2.11. The first-order chi connectivity index (χ1) is 7.83. The lowest BCUT2D eigenvalue weighted by Gasteiger charge is -2.04. The second-order valence-corrected chi connectivity index (χ2v) is 3.28. The number of aromatic nitrogens is 2. The van der Waals surface area contributed by atoms with Crippen molar-refractivity contribution in [3.05, 3.63) is 36.7 Å². The van der Waals surface area contributed by atoms with E-state index in [0.717, 1.165) is 17.0 Å². The van der Waals surface area contributed by atoms with E-state index in [1.807, 2.05) is 31.3 Å². The minimum Gasteiger partial charge on any atom is -0.497 e.